The first-order valence-electron chi connectivity index (χ1n) is 10.8. The van der Waals surface area contributed by atoms with Gasteiger partial charge in [-0.1, -0.05) is 88.2 Å². The second kappa shape index (κ2) is 13.3. The van der Waals surface area contributed by atoms with Gasteiger partial charge in [0.05, 0.1) is 38.6 Å². The Balaban J connectivity index is 1.51. The first kappa shape index (κ1) is 28.9. The molecule has 4 aromatic rings. The van der Waals surface area contributed by atoms with E-state index in [1.54, 1.807) is 40.6 Å². The highest BCUT2D eigenvalue weighted by molar-refractivity contribution is 8.01. The summed E-state index contributed by atoms with van der Waals surface area (Å²) >= 11 is 28.4. The number of carbonyl (C=O) groups excluding carboxylic acids is 2. The molecule has 2 N–H and O–H groups in total. The molecule has 38 heavy (non-hydrogen) atoms. The van der Waals surface area contributed by atoms with Crippen molar-refractivity contribution in [2.75, 3.05) is 16.8 Å². The van der Waals surface area contributed by atoms with Crippen molar-refractivity contribution >= 4 is 98.2 Å². The van der Waals surface area contributed by atoms with Crippen molar-refractivity contribution in [1.82, 2.24) is 30.3 Å². The van der Waals surface area contributed by atoms with Crippen molar-refractivity contribution in [3.63, 3.8) is 0 Å². The maximum Gasteiger partial charge on any atom is 0.253 e. The third kappa shape index (κ3) is 7.32. The predicted molar refractivity (Wildman–Crippen MR) is 155 cm³/mol. The zero-order valence-corrected chi connectivity index (χ0v) is 24.8. The molecular formula is C22H17Cl4N7O2S3. The molecule has 4 rings (SSSR count). The molecule has 0 saturated heterocycles. The van der Waals surface area contributed by atoms with E-state index in [0.29, 0.717) is 36.9 Å². The second-order valence-electron chi connectivity index (χ2n) is 7.28. The van der Waals surface area contributed by atoms with Crippen molar-refractivity contribution < 1.29 is 9.59 Å². The van der Waals surface area contributed by atoms with Crippen LogP contribution in [0.25, 0.3) is 5.69 Å². The van der Waals surface area contributed by atoms with Crippen LogP contribution in [0.5, 0.6) is 0 Å². The van der Waals surface area contributed by atoms with Crippen LogP contribution >= 0.6 is 81.3 Å². The maximum absolute atomic E-state index is 12.7. The number of nitrogens with one attached hydrogen (secondary N) is 2. The largest absolute Gasteiger partial charge is 0.345 e. The van der Waals surface area contributed by atoms with Gasteiger partial charge in [-0.05, 0) is 42.2 Å². The third-order valence-electron chi connectivity index (χ3n) is 4.70. The molecule has 0 aliphatic carbocycles. The van der Waals surface area contributed by atoms with Gasteiger partial charge in [-0.2, -0.15) is 0 Å². The molecule has 0 fully saturated rings. The number of aromatic nitrogens is 5. The fraction of sp³-hybridized carbons (Fsp3) is 0.182. The zero-order chi connectivity index (χ0) is 27.2. The molecule has 0 aliphatic rings. The summed E-state index contributed by atoms with van der Waals surface area (Å²) in [4.78, 5) is 25.3. The Labute approximate surface area is 250 Å². The summed E-state index contributed by atoms with van der Waals surface area (Å²) in [7, 11) is 0. The highest BCUT2D eigenvalue weighted by Crippen LogP contribution is 2.29. The smallest absolute Gasteiger partial charge is 0.253 e. The Bertz CT molecular complexity index is 1480. The van der Waals surface area contributed by atoms with Crippen LogP contribution in [0.15, 0.2) is 45.9 Å². The van der Waals surface area contributed by atoms with Crippen LogP contribution in [0.4, 0.5) is 5.13 Å². The number of thioether (sulfide) groups is 2. The first-order chi connectivity index (χ1) is 18.2. The standard InChI is InChI=1S/C22H17Cl4N7O2S3/c1-2-36-22-32-30-20(38-22)28-18(34)10-37-21-31-29-17(33(21)12-4-6-14(24)16(26)8-12)9-27-19(35)13-5-3-11(23)7-15(13)25/h3-8H,2,9-10H2,1H3,(H,27,35)(H,28,30,34). The Hall–Kier alpha value is -2.06. The number of nitrogens with zero attached hydrogens (tertiary/aromatic N) is 5. The maximum atomic E-state index is 12.7. The van der Waals surface area contributed by atoms with Crippen LogP contribution in [0.2, 0.25) is 20.1 Å². The number of carbonyl (C=O) groups is 2. The van der Waals surface area contributed by atoms with Gasteiger partial charge in [0.25, 0.3) is 5.91 Å². The molecule has 9 nitrogen and oxygen atoms in total. The molecule has 16 heteroatoms. The van der Waals surface area contributed by atoms with E-state index in [1.807, 2.05) is 6.92 Å². The van der Waals surface area contributed by atoms with Crippen molar-refractivity contribution in [1.29, 1.82) is 0 Å². The minimum Gasteiger partial charge on any atom is -0.345 e. The van der Waals surface area contributed by atoms with Gasteiger partial charge in [-0.25, -0.2) is 0 Å². The molecule has 2 aromatic heterocycles. The van der Waals surface area contributed by atoms with Crippen molar-refractivity contribution in [3.8, 4) is 5.69 Å². The quantitative estimate of drug-likeness (QED) is 0.148. The monoisotopic (exact) mass is 647 g/mol. The third-order valence-corrected chi connectivity index (χ3v) is 8.77. The molecule has 0 unspecified atom stereocenters. The van der Waals surface area contributed by atoms with Gasteiger partial charge in [0.2, 0.25) is 11.0 Å². The van der Waals surface area contributed by atoms with E-state index < -0.39 is 5.91 Å². The lowest BCUT2D eigenvalue weighted by atomic mass is 10.2. The number of anilines is 1. The fourth-order valence-corrected chi connectivity index (χ4v) is 6.27. The molecule has 198 valence electrons. The summed E-state index contributed by atoms with van der Waals surface area (Å²) in [5, 5.41) is 24.2. The minimum absolute atomic E-state index is 0.0143. The minimum atomic E-state index is -0.415. The SMILES string of the molecule is CCSc1nnc(NC(=O)CSc2nnc(CNC(=O)c3ccc(Cl)cc3Cl)n2-c2ccc(Cl)c(Cl)c2)s1. The van der Waals surface area contributed by atoms with Crippen LogP contribution in [0.3, 0.4) is 0 Å². The average molecular weight is 649 g/mol. The van der Waals surface area contributed by atoms with Crippen LogP contribution in [-0.4, -0.2) is 48.3 Å². The van der Waals surface area contributed by atoms with Gasteiger partial charge in [0.15, 0.2) is 15.3 Å². The van der Waals surface area contributed by atoms with Gasteiger partial charge < -0.3 is 5.32 Å². The molecular weight excluding hydrogens is 632 g/mol. The number of rotatable bonds is 10. The number of hydrogen-bond acceptors (Lipinski definition) is 9. The van der Waals surface area contributed by atoms with Crippen molar-refractivity contribution in [2.45, 2.75) is 23.0 Å². The van der Waals surface area contributed by atoms with Gasteiger partial charge in [-0.3, -0.25) is 19.5 Å². The fourth-order valence-electron chi connectivity index (χ4n) is 3.05. The Kier molecular flexibility index (Phi) is 10.2. The predicted octanol–water partition coefficient (Wildman–Crippen LogP) is 6.51. The lowest BCUT2D eigenvalue weighted by molar-refractivity contribution is -0.113. The molecule has 0 radical (unpaired) electrons. The zero-order valence-electron chi connectivity index (χ0n) is 19.4. The summed E-state index contributed by atoms with van der Waals surface area (Å²) < 4.78 is 2.46. The van der Waals surface area contributed by atoms with E-state index in [4.69, 9.17) is 46.4 Å². The van der Waals surface area contributed by atoms with E-state index in [2.05, 4.69) is 31.0 Å². The summed E-state index contributed by atoms with van der Waals surface area (Å²) in [6.07, 6.45) is 0. The van der Waals surface area contributed by atoms with Crippen molar-refractivity contribution in [3.05, 3.63) is 67.9 Å². The molecule has 2 amide bonds. The van der Waals surface area contributed by atoms with E-state index in [0.717, 1.165) is 21.9 Å². The number of halogens is 4. The van der Waals surface area contributed by atoms with Gasteiger partial charge >= 0.3 is 0 Å². The van der Waals surface area contributed by atoms with E-state index in [9.17, 15) is 9.59 Å². The Morgan fingerprint density at radius 3 is 2.50 bits per heavy atom. The topological polar surface area (TPSA) is 115 Å². The lowest BCUT2D eigenvalue weighted by Crippen LogP contribution is -2.25. The van der Waals surface area contributed by atoms with Crippen LogP contribution in [0.1, 0.15) is 23.1 Å². The molecule has 0 saturated carbocycles. The van der Waals surface area contributed by atoms with Crippen molar-refractivity contribution in [2.24, 2.45) is 0 Å². The number of amides is 2. The van der Waals surface area contributed by atoms with Crippen LogP contribution < -0.4 is 10.6 Å². The highest BCUT2D eigenvalue weighted by Gasteiger charge is 2.19. The summed E-state index contributed by atoms with van der Waals surface area (Å²) in [5.74, 6) is 0.590. The summed E-state index contributed by atoms with van der Waals surface area (Å²) in [6, 6.07) is 9.61. The van der Waals surface area contributed by atoms with Gasteiger partial charge in [0, 0.05) is 5.02 Å². The first-order valence-corrected chi connectivity index (χ1v) is 15.1. The molecule has 2 heterocycles. The Morgan fingerprint density at radius 1 is 0.947 bits per heavy atom. The van der Waals surface area contributed by atoms with Gasteiger partial charge in [0.1, 0.15) is 0 Å². The second-order valence-corrected chi connectivity index (χ2v) is 12.4. The van der Waals surface area contributed by atoms with Crippen LogP contribution in [0, 0.1) is 0 Å². The average Bonchev–Trinajstić information content (AvgIpc) is 3.49. The molecule has 0 bridgehead atoms. The summed E-state index contributed by atoms with van der Waals surface area (Å²) in [5.41, 5.74) is 0.867. The number of hydrogen-bond donors (Lipinski definition) is 2. The van der Waals surface area contributed by atoms with E-state index >= 15 is 0 Å². The number of benzene rings is 2. The molecule has 0 atom stereocenters. The molecule has 0 aliphatic heterocycles. The van der Waals surface area contributed by atoms with E-state index in [1.165, 1.54) is 23.5 Å². The highest BCUT2D eigenvalue weighted by atomic mass is 35.5. The molecule has 2 aromatic carbocycles. The lowest BCUT2D eigenvalue weighted by Gasteiger charge is -2.12. The Morgan fingerprint density at radius 2 is 1.76 bits per heavy atom. The normalized spacial score (nSPS) is 11.0. The van der Waals surface area contributed by atoms with E-state index in [-0.39, 0.29) is 28.8 Å². The molecule has 0 spiro atoms. The summed E-state index contributed by atoms with van der Waals surface area (Å²) in [6.45, 7) is 2.03. The van der Waals surface area contributed by atoms with Gasteiger partial charge in [-0.15, -0.1) is 20.4 Å². The van der Waals surface area contributed by atoms with Crippen LogP contribution in [-0.2, 0) is 11.3 Å².